The summed E-state index contributed by atoms with van der Waals surface area (Å²) in [5, 5.41) is 2.44. The minimum absolute atomic E-state index is 0.0471. The van der Waals surface area contributed by atoms with Gasteiger partial charge in [0.15, 0.2) is 0 Å². The molecule has 2 aromatic rings. The number of hydrogen-bond acceptors (Lipinski definition) is 4. The van der Waals surface area contributed by atoms with Crippen LogP contribution in [0.4, 0.5) is 0 Å². The first kappa shape index (κ1) is 17.5. The van der Waals surface area contributed by atoms with E-state index in [1.165, 1.54) is 0 Å². The topological polar surface area (TPSA) is 60.9 Å². The second-order valence-corrected chi connectivity index (χ2v) is 8.70. The molecule has 0 amide bonds. The molecule has 0 aliphatic heterocycles. The number of aromatic nitrogens is 2. The molecule has 4 nitrogen and oxygen atoms in total. The van der Waals surface area contributed by atoms with Gasteiger partial charge in [-0.2, -0.15) is 0 Å². The Morgan fingerprint density at radius 1 is 1.27 bits per heavy atom. The van der Waals surface area contributed by atoms with E-state index in [0.717, 1.165) is 28.5 Å². The maximum absolute atomic E-state index is 12.4. The summed E-state index contributed by atoms with van der Waals surface area (Å²) in [6.45, 7) is 9.87. The second kappa shape index (κ2) is 6.71. The van der Waals surface area contributed by atoms with Crippen LogP contribution >= 0.6 is 11.6 Å². The van der Waals surface area contributed by atoms with Crippen LogP contribution in [0, 0.1) is 6.92 Å². The Morgan fingerprint density at radius 2 is 1.95 bits per heavy atom. The first-order chi connectivity index (χ1) is 10.2. The minimum atomic E-state index is -1.15. The molecule has 2 aromatic heterocycles. The van der Waals surface area contributed by atoms with E-state index in [1.54, 1.807) is 6.20 Å². The summed E-state index contributed by atoms with van der Waals surface area (Å²) in [6, 6.07) is 1.81. The monoisotopic (exact) mass is 339 g/mol. The zero-order chi connectivity index (χ0) is 16.5. The van der Waals surface area contributed by atoms with Gasteiger partial charge in [-0.1, -0.05) is 18.5 Å². The van der Waals surface area contributed by atoms with Gasteiger partial charge in [-0.05, 0) is 51.1 Å². The van der Waals surface area contributed by atoms with E-state index in [9.17, 15) is 4.55 Å². The molecule has 6 heteroatoms. The quantitative estimate of drug-likeness (QED) is 0.673. The van der Waals surface area contributed by atoms with Crippen LogP contribution in [-0.4, -0.2) is 19.3 Å². The summed E-state index contributed by atoms with van der Waals surface area (Å²) in [5.74, 6) is 0. The highest BCUT2D eigenvalue weighted by molar-refractivity contribution is 7.90. The van der Waals surface area contributed by atoms with Crippen molar-refractivity contribution < 1.29 is 4.55 Å². The molecule has 0 bridgehead atoms. The molecule has 120 valence electrons. The summed E-state index contributed by atoms with van der Waals surface area (Å²) in [7, 11) is 0. The van der Waals surface area contributed by atoms with Crippen LogP contribution < -0.4 is 4.72 Å². The van der Waals surface area contributed by atoms with Crippen LogP contribution in [0.25, 0.3) is 10.8 Å². The lowest BCUT2D eigenvalue weighted by Crippen LogP contribution is -2.41. The van der Waals surface area contributed by atoms with Crippen molar-refractivity contribution in [3.8, 4) is 0 Å². The predicted molar refractivity (Wildman–Crippen MR) is 93.3 cm³/mol. The molecule has 2 heterocycles. The summed E-state index contributed by atoms with van der Waals surface area (Å²) in [5.41, 5.74) is 1.92. The van der Waals surface area contributed by atoms with E-state index in [4.69, 9.17) is 11.6 Å². The number of pyridine rings is 2. The molecule has 0 aromatic carbocycles. The SMILES string of the molecule is CC[C@H](N[S@@+]([O-])C(C)(C)C)c1cnc(C)c2cnc(Cl)cc12. The molecule has 0 spiro atoms. The number of nitrogens with one attached hydrogen (secondary N) is 1. The number of hydrogen-bond donors (Lipinski definition) is 1. The minimum Gasteiger partial charge on any atom is -0.598 e. The third-order valence-corrected chi connectivity index (χ3v) is 5.38. The van der Waals surface area contributed by atoms with E-state index in [1.807, 2.05) is 40.0 Å². The van der Waals surface area contributed by atoms with Gasteiger partial charge in [-0.15, -0.1) is 4.72 Å². The Hall–Kier alpha value is -0.880. The average Bonchev–Trinajstić information content (AvgIpc) is 2.44. The summed E-state index contributed by atoms with van der Waals surface area (Å²) < 4.78 is 15.3. The number of rotatable bonds is 4. The molecule has 2 atom stereocenters. The highest BCUT2D eigenvalue weighted by Crippen LogP contribution is 2.30. The molecule has 2 rings (SSSR count). The van der Waals surface area contributed by atoms with Crippen molar-refractivity contribution in [1.82, 2.24) is 14.7 Å². The molecule has 22 heavy (non-hydrogen) atoms. The molecule has 0 radical (unpaired) electrons. The number of halogens is 1. The average molecular weight is 340 g/mol. The van der Waals surface area contributed by atoms with Gasteiger partial charge in [0.25, 0.3) is 0 Å². The van der Waals surface area contributed by atoms with Crippen molar-refractivity contribution in [2.45, 2.75) is 51.8 Å². The molecule has 0 fully saturated rings. The fourth-order valence-corrected chi connectivity index (χ4v) is 3.28. The van der Waals surface area contributed by atoms with Gasteiger partial charge < -0.3 is 4.55 Å². The van der Waals surface area contributed by atoms with E-state index >= 15 is 0 Å². The molecule has 0 unspecified atom stereocenters. The van der Waals surface area contributed by atoms with Gasteiger partial charge in [-0.3, -0.25) is 4.98 Å². The van der Waals surface area contributed by atoms with Crippen molar-refractivity contribution in [1.29, 1.82) is 0 Å². The Morgan fingerprint density at radius 3 is 2.55 bits per heavy atom. The van der Waals surface area contributed by atoms with E-state index in [2.05, 4.69) is 21.6 Å². The van der Waals surface area contributed by atoms with Crippen molar-refractivity contribution in [2.24, 2.45) is 0 Å². The lowest BCUT2D eigenvalue weighted by molar-refractivity contribution is 0.519. The largest absolute Gasteiger partial charge is 0.598 e. The summed E-state index contributed by atoms with van der Waals surface area (Å²) >= 11 is 4.91. The zero-order valence-corrected chi connectivity index (χ0v) is 15.2. The van der Waals surface area contributed by atoms with Gasteiger partial charge in [0.1, 0.15) is 9.90 Å². The first-order valence-corrected chi connectivity index (χ1v) is 8.85. The van der Waals surface area contributed by atoms with Crippen molar-refractivity contribution in [2.75, 3.05) is 0 Å². The molecular weight excluding hydrogens is 318 g/mol. The molecule has 1 N–H and O–H groups in total. The van der Waals surface area contributed by atoms with Crippen molar-refractivity contribution in [3.05, 3.63) is 34.9 Å². The highest BCUT2D eigenvalue weighted by Gasteiger charge is 2.30. The van der Waals surface area contributed by atoms with Crippen LogP contribution in [-0.2, 0) is 11.4 Å². The lowest BCUT2D eigenvalue weighted by atomic mass is 10.0. The van der Waals surface area contributed by atoms with Crippen LogP contribution in [0.1, 0.15) is 51.4 Å². The normalized spacial score (nSPS) is 15.0. The van der Waals surface area contributed by atoms with E-state index in [-0.39, 0.29) is 10.8 Å². The van der Waals surface area contributed by atoms with E-state index in [0.29, 0.717) is 5.15 Å². The standard InChI is InChI=1S/C16H22ClN3OS/c1-6-14(20-22(21)16(3,4)5)13-9-18-10(2)12-8-19-15(17)7-11(12)13/h7-9,14,20H,6H2,1-5H3/t14-,22-/m0/s1. The van der Waals surface area contributed by atoms with Gasteiger partial charge in [0, 0.05) is 34.8 Å². The Kier molecular flexibility index (Phi) is 5.33. The summed E-state index contributed by atoms with van der Waals surface area (Å²) in [4.78, 5) is 8.59. The van der Waals surface area contributed by atoms with Crippen LogP contribution in [0.3, 0.4) is 0 Å². The fourth-order valence-electron chi connectivity index (χ4n) is 2.21. The third-order valence-electron chi connectivity index (χ3n) is 3.56. The van der Waals surface area contributed by atoms with Crippen LogP contribution in [0.2, 0.25) is 5.15 Å². The highest BCUT2D eigenvalue weighted by atomic mass is 35.5. The zero-order valence-electron chi connectivity index (χ0n) is 13.6. The molecule has 0 aliphatic carbocycles. The van der Waals surface area contributed by atoms with Crippen molar-refractivity contribution in [3.63, 3.8) is 0 Å². The third kappa shape index (κ3) is 3.71. The maximum Gasteiger partial charge on any atom is 0.136 e. The van der Waals surface area contributed by atoms with Gasteiger partial charge in [-0.25, -0.2) is 4.98 Å². The molecule has 0 saturated carbocycles. The number of nitrogens with zero attached hydrogens (tertiary/aromatic N) is 2. The second-order valence-electron chi connectivity index (χ2n) is 6.31. The van der Waals surface area contributed by atoms with E-state index < -0.39 is 11.4 Å². The molecule has 0 aliphatic rings. The van der Waals surface area contributed by atoms with Crippen LogP contribution in [0.5, 0.6) is 0 Å². The van der Waals surface area contributed by atoms with Crippen molar-refractivity contribution >= 4 is 33.7 Å². The number of fused-ring (bicyclic) bond motifs is 1. The van der Waals surface area contributed by atoms with Gasteiger partial charge >= 0.3 is 0 Å². The Labute approximate surface area is 140 Å². The number of aryl methyl sites for hydroxylation is 1. The first-order valence-electron chi connectivity index (χ1n) is 7.32. The lowest BCUT2D eigenvalue weighted by Gasteiger charge is -2.28. The van der Waals surface area contributed by atoms with Gasteiger partial charge in [0.2, 0.25) is 0 Å². The predicted octanol–water partition coefficient (Wildman–Crippen LogP) is 4.09. The fraction of sp³-hybridized carbons (Fsp3) is 0.500. The smallest absolute Gasteiger partial charge is 0.136 e. The Bertz CT molecular complexity index is 672. The van der Waals surface area contributed by atoms with Gasteiger partial charge in [0.05, 0.1) is 6.04 Å². The maximum atomic E-state index is 12.4. The molecular formula is C16H22ClN3OS. The molecule has 0 saturated heterocycles. The Balaban J connectivity index is 2.47. The summed E-state index contributed by atoms with van der Waals surface area (Å²) in [6.07, 6.45) is 4.40. The van der Waals surface area contributed by atoms with Crippen LogP contribution in [0.15, 0.2) is 18.5 Å².